The second-order valence-corrected chi connectivity index (χ2v) is 6.66. The number of rotatable bonds is 6. The molecule has 4 nitrogen and oxygen atoms in total. The van der Waals surface area contributed by atoms with Crippen molar-refractivity contribution in [1.29, 1.82) is 0 Å². The summed E-state index contributed by atoms with van der Waals surface area (Å²) < 4.78 is 1.71. The Hall–Kier alpha value is -1.62. The maximum absolute atomic E-state index is 12.5. The summed E-state index contributed by atoms with van der Waals surface area (Å²) in [7, 11) is 1.85. The Morgan fingerprint density at radius 1 is 1.57 bits per heavy atom. The molecule has 0 saturated heterocycles. The number of carbonyl (C=O) groups is 1. The lowest BCUT2D eigenvalue weighted by atomic mass is 10.1. The van der Waals surface area contributed by atoms with Crippen LogP contribution >= 0.6 is 11.3 Å². The standard InChI is InChI=1S/C16H21N3OS/c1-3-5-12(15-6-4-9-21-15)17-16(20)14-10-13(11-7-8-11)18-19(14)2/h4,6,9-12H,3,5,7-8H2,1-2H3,(H,17,20)/t12-/m0/s1. The van der Waals surface area contributed by atoms with Crippen LogP contribution in [-0.2, 0) is 7.05 Å². The lowest BCUT2D eigenvalue weighted by Crippen LogP contribution is -2.29. The first kappa shape index (κ1) is 14.3. The van der Waals surface area contributed by atoms with Gasteiger partial charge in [-0.15, -0.1) is 11.3 Å². The Bertz CT molecular complexity index is 614. The minimum absolute atomic E-state index is 0.0243. The number of nitrogens with one attached hydrogen (secondary N) is 1. The Balaban J connectivity index is 1.74. The number of thiophene rings is 1. The van der Waals surface area contributed by atoms with E-state index in [-0.39, 0.29) is 11.9 Å². The largest absolute Gasteiger partial charge is 0.343 e. The molecule has 1 atom stereocenters. The average Bonchev–Trinajstić information content (AvgIpc) is 3.02. The van der Waals surface area contributed by atoms with E-state index in [1.54, 1.807) is 16.0 Å². The number of amides is 1. The van der Waals surface area contributed by atoms with Crippen molar-refractivity contribution >= 4 is 17.2 Å². The van der Waals surface area contributed by atoms with Crippen molar-refractivity contribution in [3.63, 3.8) is 0 Å². The number of hydrogen-bond donors (Lipinski definition) is 1. The van der Waals surface area contributed by atoms with E-state index >= 15 is 0 Å². The van der Waals surface area contributed by atoms with Crippen molar-refractivity contribution in [3.8, 4) is 0 Å². The fraction of sp³-hybridized carbons (Fsp3) is 0.500. The molecule has 1 saturated carbocycles. The van der Waals surface area contributed by atoms with Crippen LogP contribution in [0.25, 0.3) is 0 Å². The maximum Gasteiger partial charge on any atom is 0.270 e. The molecule has 0 aliphatic heterocycles. The van der Waals surface area contributed by atoms with Gasteiger partial charge in [0.05, 0.1) is 11.7 Å². The van der Waals surface area contributed by atoms with Crippen molar-refractivity contribution in [2.75, 3.05) is 0 Å². The summed E-state index contributed by atoms with van der Waals surface area (Å²) in [5.74, 6) is 0.547. The Labute approximate surface area is 129 Å². The fourth-order valence-corrected chi connectivity index (χ4v) is 3.39. The van der Waals surface area contributed by atoms with Gasteiger partial charge in [-0.05, 0) is 36.8 Å². The quantitative estimate of drug-likeness (QED) is 0.886. The van der Waals surface area contributed by atoms with Crippen LogP contribution in [0, 0.1) is 0 Å². The van der Waals surface area contributed by atoms with Crippen molar-refractivity contribution in [1.82, 2.24) is 15.1 Å². The first-order chi connectivity index (χ1) is 10.2. The van der Waals surface area contributed by atoms with Crippen molar-refractivity contribution in [2.45, 2.75) is 44.6 Å². The zero-order valence-electron chi connectivity index (χ0n) is 12.5. The molecule has 1 fully saturated rings. The molecule has 3 rings (SSSR count). The normalized spacial score (nSPS) is 15.9. The molecule has 0 unspecified atom stereocenters. The van der Waals surface area contributed by atoms with Gasteiger partial charge in [-0.25, -0.2) is 0 Å². The van der Waals surface area contributed by atoms with Crippen LogP contribution in [-0.4, -0.2) is 15.7 Å². The molecule has 5 heteroatoms. The third kappa shape index (κ3) is 3.18. The molecule has 0 radical (unpaired) electrons. The van der Waals surface area contributed by atoms with Crippen LogP contribution in [0.2, 0.25) is 0 Å². The average molecular weight is 303 g/mol. The fourth-order valence-electron chi connectivity index (χ4n) is 2.58. The highest BCUT2D eigenvalue weighted by molar-refractivity contribution is 7.10. The van der Waals surface area contributed by atoms with E-state index in [1.807, 2.05) is 19.2 Å². The number of nitrogens with zero attached hydrogens (tertiary/aromatic N) is 2. The first-order valence-corrected chi connectivity index (χ1v) is 8.45. The summed E-state index contributed by atoms with van der Waals surface area (Å²) in [6.45, 7) is 2.14. The monoisotopic (exact) mass is 303 g/mol. The molecule has 0 aromatic carbocycles. The van der Waals surface area contributed by atoms with Crippen LogP contribution in [0.5, 0.6) is 0 Å². The van der Waals surface area contributed by atoms with Gasteiger partial charge in [0.25, 0.3) is 5.91 Å². The molecule has 0 spiro atoms. The number of carbonyl (C=O) groups excluding carboxylic acids is 1. The van der Waals surface area contributed by atoms with Crippen LogP contribution < -0.4 is 5.32 Å². The minimum Gasteiger partial charge on any atom is -0.343 e. The molecule has 1 amide bonds. The van der Waals surface area contributed by atoms with Gasteiger partial charge < -0.3 is 5.32 Å². The van der Waals surface area contributed by atoms with E-state index in [1.165, 1.54) is 17.7 Å². The first-order valence-electron chi connectivity index (χ1n) is 7.57. The predicted octanol–water partition coefficient (Wildman–Crippen LogP) is 3.63. The Morgan fingerprint density at radius 3 is 3.00 bits per heavy atom. The van der Waals surface area contributed by atoms with Gasteiger partial charge in [-0.3, -0.25) is 9.48 Å². The van der Waals surface area contributed by atoms with Crippen molar-refractivity contribution in [3.05, 3.63) is 39.8 Å². The topological polar surface area (TPSA) is 46.9 Å². The van der Waals surface area contributed by atoms with Gasteiger partial charge in [0.2, 0.25) is 0 Å². The van der Waals surface area contributed by atoms with Gasteiger partial charge in [0.15, 0.2) is 0 Å². The molecule has 2 aromatic rings. The number of aryl methyl sites for hydroxylation is 1. The van der Waals surface area contributed by atoms with Gasteiger partial charge in [0.1, 0.15) is 5.69 Å². The van der Waals surface area contributed by atoms with Gasteiger partial charge in [-0.1, -0.05) is 19.4 Å². The van der Waals surface area contributed by atoms with E-state index in [4.69, 9.17) is 0 Å². The highest BCUT2D eigenvalue weighted by Gasteiger charge is 2.28. The summed E-state index contributed by atoms with van der Waals surface area (Å²) in [6, 6.07) is 6.17. The van der Waals surface area contributed by atoms with Crippen LogP contribution in [0.15, 0.2) is 23.6 Å². The van der Waals surface area contributed by atoms with Crippen molar-refractivity contribution in [2.24, 2.45) is 7.05 Å². The van der Waals surface area contributed by atoms with E-state index in [2.05, 4.69) is 28.8 Å². The summed E-state index contributed by atoms with van der Waals surface area (Å²) in [4.78, 5) is 13.8. The third-order valence-electron chi connectivity index (χ3n) is 3.90. The summed E-state index contributed by atoms with van der Waals surface area (Å²) in [6.07, 6.45) is 4.40. The Kier molecular flexibility index (Phi) is 4.10. The molecule has 0 bridgehead atoms. The van der Waals surface area contributed by atoms with E-state index in [9.17, 15) is 4.79 Å². The molecule has 1 aliphatic carbocycles. The lowest BCUT2D eigenvalue weighted by molar-refractivity contribution is 0.0925. The minimum atomic E-state index is -0.0243. The van der Waals surface area contributed by atoms with Crippen LogP contribution in [0.4, 0.5) is 0 Å². The summed E-state index contributed by atoms with van der Waals surface area (Å²) in [5.41, 5.74) is 1.72. The SMILES string of the molecule is CCC[C@H](NC(=O)c1cc(C2CC2)nn1C)c1cccs1. The molecule has 112 valence electrons. The van der Waals surface area contributed by atoms with Crippen LogP contribution in [0.1, 0.15) is 65.6 Å². The highest BCUT2D eigenvalue weighted by atomic mass is 32.1. The third-order valence-corrected chi connectivity index (χ3v) is 4.88. The van der Waals surface area contributed by atoms with Gasteiger partial charge in [-0.2, -0.15) is 5.10 Å². The molecular weight excluding hydrogens is 282 g/mol. The zero-order valence-corrected chi connectivity index (χ0v) is 13.3. The van der Waals surface area contributed by atoms with E-state index in [0.717, 1.165) is 18.5 Å². The molecule has 1 aliphatic rings. The molecule has 21 heavy (non-hydrogen) atoms. The number of aromatic nitrogens is 2. The second kappa shape index (κ2) is 6.02. The summed E-state index contributed by atoms with van der Waals surface area (Å²) in [5, 5.41) is 9.68. The molecule has 2 heterocycles. The molecule has 1 N–H and O–H groups in total. The summed E-state index contributed by atoms with van der Waals surface area (Å²) >= 11 is 1.70. The predicted molar refractivity (Wildman–Crippen MR) is 84.6 cm³/mol. The zero-order chi connectivity index (χ0) is 14.8. The molecule has 2 aromatic heterocycles. The van der Waals surface area contributed by atoms with Gasteiger partial charge in [0, 0.05) is 17.8 Å². The lowest BCUT2D eigenvalue weighted by Gasteiger charge is -2.16. The number of hydrogen-bond acceptors (Lipinski definition) is 3. The van der Waals surface area contributed by atoms with Crippen LogP contribution in [0.3, 0.4) is 0 Å². The highest BCUT2D eigenvalue weighted by Crippen LogP contribution is 2.39. The maximum atomic E-state index is 12.5. The molecular formula is C16H21N3OS. The Morgan fingerprint density at radius 2 is 2.38 bits per heavy atom. The second-order valence-electron chi connectivity index (χ2n) is 5.68. The van der Waals surface area contributed by atoms with Gasteiger partial charge >= 0.3 is 0 Å². The van der Waals surface area contributed by atoms with E-state index in [0.29, 0.717) is 11.6 Å². The smallest absolute Gasteiger partial charge is 0.270 e. The van der Waals surface area contributed by atoms with Crippen molar-refractivity contribution < 1.29 is 4.79 Å². The van der Waals surface area contributed by atoms with E-state index < -0.39 is 0 Å².